The zero-order chi connectivity index (χ0) is 17.8. The maximum absolute atomic E-state index is 4.65. The molecular formula is C22H20IN3. The van der Waals surface area contributed by atoms with Crippen molar-refractivity contribution in [1.82, 2.24) is 9.55 Å². The predicted molar refractivity (Wildman–Crippen MR) is 117 cm³/mol. The molecule has 0 bridgehead atoms. The summed E-state index contributed by atoms with van der Waals surface area (Å²) in [5.41, 5.74) is 5.80. The number of hydrogen-bond donors (Lipinski definition) is 1. The van der Waals surface area contributed by atoms with Gasteiger partial charge in [-0.3, -0.25) is 0 Å². The molecule has 1 heterocycles. The Morgan fingerprint density at radius 3 is 2.15 bits per heavy atom. The number of hydrogen-bond acceptors (Lipinski definition) is 2. The van der Waals surface area contributed by atoms with Crippen LogP contribution in [0, 0.1) is 0 Å². The molecule has 130 valence electrons. The molecule has 0 aliphatic heterocycles. The second kappa shape index (κ2) is 7.91. The van der Waals surface area contributed by atoms with E-state index < -0.39 is 0 Å². The summed E-state index contributed by atoms with van der Waals surface area (Å²) in [6.45, 7) is 0.959. The van der Waals surface area contributed by atoms with Crippen molar-refractivity contribution < 1.29 is 0 Å². The van der Waals surface area contributed by atoms with Crippen LogP contribution in [0.4, 0.5) is 5.69 Å². The van der Waals surface area contributed by atoms with E-state index in [1.807, 2.05) is 6.33 Å². The quantitative estimate of drug-likeness (QED) is 0.308. The number of nitrogens with one attached hydrogen (secondary N) is 1. The topological polar surface area (TPSA) is 29.9 Å². The van der Waals surface area contributed by atoms with Gasteiger partial charge in [-0.25, -0.2) is 4.98 Å². The number of halogens is 1. The lowest BCUT2D eigenvalue weighted by Gasteiger charge is -2.21. The minimum Gasteiger partial charge on any atom is -0.384 e. The number of alkyl halides is 1. The summed E-state index contributed by atoms with van der Waals surface area (Å²) < 4.78 is 3.35. The van der Waals surface area contributed by atoms with Gasteiger partial charge in [0, 0.05) is 16.7 Å². The molecule has 0 spiro atoms. The summed E-state index contributed by atoms with van der Waals surface area (Å²) in [4.78, 5) is 4.65. The minimum atomic E-state index is 0.0993. The van der Waals surface area contributed by atoms with E-state index in [0.29, 0.717) is 0 Å². The molecule has 0 radical (unpaired) electrons. The molecule has 4 aromatic rings. The van der Waals surface area contributed by atoms with Crippen molar-refractivity contribution >= 4 is 39.3 Å². The zero-order valence-corrected chi connectivity index (χ0v) is 16.5. The van der Waals surface area contributed by atoms with Gasteiger partial charge in [0.2, 0.25) is 0 Å². The predicted octanol–water partition coefficient (Wildman–Crippen LogP) is 5.52. The first-order valence-corrected chi connectivity index (χ1v) is 10.3. The molecule has 3 aromatic carbocycles. The van der Waals surface area contributed by atoms with Crippen molar-refractivity contribution in [2.45, 2.75) is 6.04 Å². The molecular weight excluding hydrogens is 433 g/mol. The zero-order valence-electron chi connectivity index (χ0n) is 14.3. The monoisotopic (exact) mass is 453 g/mol. The fourth-order valence-electron chi connectivity index (χ4n) is 3.32. The summed E-state index contributed by atoms with van der Waals surface area (Å²) in [6, 6.07) is 27.7. The van der Waals surface area contributed by atoms with Crippen LogP contribution in [0.3, 0.4) is 0 Å². The molecule has 0 unspecified atom stereocenters. The van der Waals surface area contributed by atoms with E-state index in [1.165, 1.54) is 11.1 Å². The number of fused-ring (bicyclic) bond motifs is 1. The highest BCUT2D eigenvalue weighted by atomic mass is 127. The molecule has 0 saturated heterocycles. The van der Waals surface area contributed by atoms with Crippen LogP contribution in [-0.4, -0.2) is 20.5 Å². The number of rotatable bonds is 6. The van der Waals surface area contributed by atoms with Crippen molar-refractivity contribution in [2.75, 3.05) is 16.3 Å². The van der Waals surface area contributed by atoms with Gasteiger partial charge in [-0.15, -0.1) is 0 Å². The van der Waals surface area contributed by atoms with Gasteiger partial charge in [0.15, 0.2) is 0 Å². The van der Waals surface area contributed by atoms with E-state index in [-0.39, 0.29) is 6.04 Å². The Balaban J connectivity index is 1.86. The van der Waals surface area contributed by atoms with Crippen LogP contribution in [0.15, 0.2) is 85.2 Å². The van der Waals surface area contributed by atoms with Gasteiger partial charge in [-0.2, -0.15) is 0 Å². The number of anilines is 1. The highest BCUT2D eigenvalue weighted by Crippen LogP contribution is 2.30. The number of nitrogens with zero attached hydrogens (tertiary/aromatic N) is 2. The third-order valence-corrected chi connectivity index (χ3v) is 5.05. The maximum atomic E-state index is 4.65. The Bertz CT molecular complexity index is 941. The average Bonchev–Trinajstić information content (AvgIpc) is 3.11. The van der Waals surface area contributed by atoms with Crippen LogP contribution in [-0.2, 0) is 0 Å². The maximum Gasteiger partial charge on any atom is 0.0966 e. The SMILES string of the molecule is ICCNc1ccc2ncn(C(c3ccccc3)c3ccccc3)c2c1. The van der Waals surface area contributed by atoms with Crippen molar-refractivity contribution in [3.63, 3.8) is 0 Å². The van der Waals surface area contributed by atoms with E-state index in [0.717, 1.165) is 27.7 Å². The third-order valence-electron chi connectivity index (χ3n) is 4.51. The Morgan fingerprint density at radius 1 is 0.885 bits per heavy atom. The smallest absolute Gasteiger partial charge is 0.0966 e. The molecule has 0 fully saturated rings. The highest BCUT2D eigenvalue weighted by Gasteiger charge is 2.18. The summed E-state index contributed by atoms with van der Waals surface area (Å²) in [6.07, 6.45) is 1.96. The molecule has 1 aromatic heterocycles. The van der Waals surface area contributed by atoms with Crippen molar-refractivity contribution in [2.24, 2.45) is 0 Å². The molecule has 0 aliphatic carbocycles. The standard InChI is InChI=1S/C22H20IN3/c23-13-14-24-19-11-12-20-21(15-19)26(16-25-20)22(17-7-3-1-4-8-17)18-9-5-2-6-10-18/h1-12,15-16,22,24H,13-14H2. The molecule has 26 heavy (non-hydrogen) atoms. The Labute approximate surface area is 167 Å². The van der Waals surface area contributed by atoms with Crippen LogP contribution in [0.25, 0.3) is 11.0 Å². The largest absolute Gasteiger partial charge is 0.384 e. The molecule has 4 rings (SSSR count). The molecule has 0 aliphatic rings. The lowest BCUT2D eigenvalue weighted by Crippen LogP contribution is -2.11. The summed E-state index contributed by atoms with van der Waals surface area (Å²) in [5.74, 6) is 0. The fraction of sp³-hybridized carbons (Fsp3) is 0.136. The minimum absolute atomic E-state index is 0.0993. The number of imidazole rings is 1. The van der Waals surface area contributed by atoms with Crippen LogP contribution in [0.5, 0.6) is 0 Å². The Kier molecular flexibility index (Phi) is 5.20. The second-order valence-electron chi connectivity index (χ2n) is 6.19. The number of aromatic nitrogens is 2. The van der Waals surface area contributed by atoms with E-state index in [9.17, 15) is 0 Å². The van der Waals surface area contributed by atoms with Crippen LogP contribution < -0.4 is 5.32 Å². The Hall–Kier alpha value is -2.34. The molecule has 1 N–H and O–H groups in total. The van der Waals surface area contributed by atoms with Gasteiger partial charge in [0.25, 0.3) is 0 Å². The first kappa shape index (κ1) is 17.1. The third kappa shape index (κ3) is 3.46. The second-order valence-corrected chi connectivity index (χ2v) is 7.27. The molecule has 0 saturated carbocycles. The molecule has 3 nitrogen and oxygen atoms in total. The van der Waals surface area contributed by atoms with Crippen molar-refractivity contribution in [1.29, 1.82) is 0 Å². The van der Waals surface area contributed by atoms with Crippen molar-refractivity contribution in [3.05, 3.63) is 96.3 Å². The normalized spacial score (nSPS) is 11.2. The summed E-state index contributed by atoms with van der Waals surface area (Å²) in [5, 5.41) is 3.47. The first-order chi connectivity index (χ1) is 12.9. The summed E-state index contributed by atoms with van der Waals surface area (Å²) >= 11 is 2.38. The van der Waals surface area contributed by atoms with E-state index in [4.69, 9.17) is 0 Å². The first-order valence-electron chi connectivity index (χ1n) is 8.73. The van der Waals surface area contributed by atoms with Gasteiger partial charge in [-0.1, -0.05) is 83.3 Å². The van der Waals surface area contributed by atoms with Crippen molar-refractivity contribution in [3.8, 4) is 0 Å². The van der Waals surface area contributed by atoms with E-state index >= 15 is 0 Å². The molecule has 0 atom stereocenters. The van der Waals surface area contributed by atoms with Gasteiger partial charge in [-0.05, 0) is 29.3 Å². The van der Waals surface area contributed by atoms with Gasteiger partial charge in [0.05, 0.1) is 23.4 Å². The van der Waals surface area contributed by atoms with Crippen LogP contribution >= 0.6 is 22.6 Å². The molecule has 0 amide bonds. The highest BCUT2D eigenvalue weighted by molar-refractivity contribution is 14.1. The summed E-state index contributed by atoms with van der Waals surface area (Å²) in [7, 11) is 0. The lowest BCUT2D eigenvalue weighted by molar-refractivity contribution is 0.697. The van der Waals surface area contributed by atoms with Gasteiger partial charge in [0.1, 0.15) is 0 Å². The average molecular weight is 453 g/mol. The van der Waals surface area contributed by atoms with Gasteiger partial charge < -0.3 is 9.88 Å². The molecule has 4 heteroatoms. The van der Waals surface area contributed by atoms with Gasteiger partial charge >= 0.3 is 0 Å². The van der Waals surface area contributed by atoms with E-state index in [1.54, 1.807) is 0 Å². The lowest BCUT2D eigenvalue weighted by atomic mass is 9.98. The van der Waals surface area contributed by atoms with Crippen LogP contribution in [0.2, 0.25) is 0 Å². The Morgan fingerprint density at radius 2 is 1.54 bits per heavy atom. The number of benzene rings is 3. The fourth-order valence-corrected chi connectivity index (χ4v) is 3.59. The van der Waals surface area contributed by atoms with Crippen LogP contribution in [0.1, 0.15) is 17.2 Å². The van der Waals surface area contributed by atoms with E-state index in [2.05, 4.69) is 116 Å².